The molecule has 0 aliphatic carbocycles. The van der Waals surface area contributed by atoms with Crippen LogP contribution in [0.5, 0.6) is 0 Å². The molecule has 156 valence electrons. The molecule has 2 heterocycles. The predicted molar refractivity (Wildman–Crippen MR) is 114 cm³/mol. The van der Waals surface area contributed by atoms with E-state index in [1.165, 1.54) is 6.07 Å². The molecule has 6 nitrogen and oxygen atoms in total. The number of aryl methyl sites for hydroxylation is 1. The molecule has 2 amide bonds. The molecule has 2 aromatic carbocycles. The second-order valence-corrected chi connectivity index (χ2v) is 7.84. The van der Waals surface area contributed by atoms with Crippen molar-refractivity contribution in [2.75, 3.05) is 30.0 Å². The number of amides is 2. The van der Waals surface area contributed by atoms with Crippen LogP contribution in [0.25, 0.3) is 0 Å². The van der Waals surface area contributed by atoms with E-state index in [1.807, 2.05) is 30.3 Å². The van der Waals surface area contributed by atoms with Gasteiger partial charge in [0.2, 0.25) is 11.8 Å². The molecular formula is C23H25FN4O2. The van der Waals surface area contributed by atoms with Gasteiger partial charge in [-0.15, -0.1) is 6.58 Å². The van der Waals surface area contributed by atoms with Gasteiger partial charge in [-0.2, -0.15) is 0 Å². The third kappa shape index (κ3) is 3.86. The predicted octanol–water partition coefficient (Wildman–Crippen LogP) is 2.73. The molecule has 3 unspecified atom stereocenters. The lowest BCUT2D eigenvalue weighted by molar-refractivity contribution is -0.125. The molecule has 0 radical (unpaired) electrons. The van der Waals surface area contributed by atoms with E-state index < -0.39 is 5.92 Å². The number of hydrogen-bond donors (Lipinski definition) is 2. The average Bonchev–Trinajstić information content (AvgIpc) is 3.08. The zero-order valence-electron chi connectivity index (χ0n) is 16.8. The number of carbonyl (C=O) groups is 2. The summed E-state index contributed by atoms with van der Waals surface area (Å²) in [6.45, 7) is 7.08. The normalized spacial score (nSPS) is 23.9. The highest BCUT2D eigenvalue weighted by atomic mass is 19.1. The number of rotatable bonds is 5. The Labute approximate surface area is 175 Å². The van der Waals surface area contributed by atoms with Gasteiger partial charge in [0.25, 0.3) is 0 Å². The Hall–Kier alpha value is -3.03. The number of hydrogen-bond acceptors (Lipinski definition) is 4. The molecule has 2 fully saturated rings. The second-order valence-electron chi connectivity index (χ2n) is 7.84. The first-order valence-corrected chi connectivity index (χ1v) is 10.0. The fourth-order valence-corrected chi connectivity index (χ4v) is 4.19. The van der Waals surface area contributed by atoms with Crippen LogP contribution in [-0.4, -0.2) is 42.4 Å². The van der Waals surface area contributed by atoms with Crippen LogP contribution in [0.4, 0.5) is 15.8 Å². The van der Waals surface area contributed by atoms with Crippen molar-refractivity contribution < 1.29 is 14.0 Å². The standard InChI is InChI=1S/C23H25FN4O2/c1-3-11-27-13-18(22(29)25-16-10-9-15(2)20(24)12-16)21-19(14-27)23(30)28(26-21)17-7-5-4-6-8-17/h3-10,12,18-19,21,26H,1,11,13-14H2,2H3,(H,25,29). The summed E-state index contributed by atoms with van der Waals surface area (Å²) in [5.41, 5.74) is 4.92. The number of hydrazine groups is 1. The Kier molecular flexibility index (Phi) is 5.65. The third-order valence-electron chi connectivity index (χ3n) is 5.77. The summed E-state index contributed by atoms with van der Waals surface area (Å²) in [6.07, 6.45) is 1.77. The van der Waals surface area contributed by atoms with E-state index in [0.29, 0.717) is 30.9 Å². The Balaban J connectivity index is 1.58. The van der Waals surface area contributed by atoms with Crippen LogP contribution in [0.2, 0.25) is 0 Å². The quantitative estimate of drug-likeness (QED) is 0.747. The lowest BCUT2D eigenvalue weighted by Gasteiger charge is -2.37. The lowest BCUT2D eigenvalue weighted by atomic mass is 9.84. The van der Waals surface area contributed by atoms with Crippen molar-refractivity contribution in [1.82, 2.24) is 10.3 Å². The molecule has 2 aliphatic heterocycles. The van der Waals surface area contributed by atoms with Gasteiger partial charge in [0.05, 0.1) is 23.6 Å². The monoisotopic (exact) mass is 408 g/mol. The van der Waals surface area contributed by atoms with E-state index in [1.54, 1.807) is 30.1 Å². The number of nitrogens with zero attached hydrogens (tertiary/aromatic N) is 2. The Morgan fingerprint density at radius 3 is 2.73 bits per heavy atom. The van der Waals surface area contributed by atoms with Gasteiger partial charge in [-0.3, -0.25) is 14.5 Å². The summed E-state index contributed by atoms with van der Waals surface area (Å²) in [7, 11) is 0. The fraction of sp³-hybridized carbons (Fsp3) is 0.304. The minimum Gasteiger partial charge on any atom is -0.326 e. The Morgan fingerprint density at radius 2 is 2.03 bits per heavy atom. The summed E-state index contributed by atoms with van der Waals surface area (Å²) in [4.78, 5) is 28.3. The van der Waals surface area contributed by atoms with Gasteiger partial charge in [0.15, 0.2) is 0 Å². The SMILES string of the molecule is C=CCN1CC(C(=O)Nc2ccc(C)c(F)c2)C2NN(c3ccccc3)C(=O)C2C1. The Morgan fingerprint density at radius 1 is 1.27 bits per heavy atom. The van der Waals surface area contributed by atoms with Crippen molar-refractivity contribution >= 4 is 23.2 Å². The van der Waals surface area contributed by atoms with Gasteiger partial charge in [-0.05, 0) is 36.8 Å². The number of carbonyl (C=O) groups excluding carboxylic acids is 2. The number of fused-ring (bicyclic) bond motifs is 1. The smallest absolute Gasteiger partial charge is 0.247 e. The molecule has 0 spiro atoms. The molecular weight excluding hydrogens is 383 g/mol. The van der Waals surface area contributed by atoms with E-state index in [0.717, 1.165) is 5.69 Å². The summed E-state index contributed by atoms with van der Waals surface area (Å²) in [5.74, 6) is -1.50. The van der Waals surface area contributed by atoms with Gasteiger partial charge in [0, 0.05) is 25.3 Å². The van der Waals surface area contributed by atoms with E-state index in [9.17, 15) is 14.0 Å². The second kappa shape index (κ2) is 8.38. The summed E-state index contributed by atoms with van der Waals surface area (Å²) in [5, 5.41) is 4.36. The van der Waals surface area contributed by atoms with Crippen molar-refractivity contribution in [2.24, 2.45) is 11.8 Å². The first-order valence-electron chi connectivity index (χ1n) is 10.0. The molecule has 2 aliphatic rings. The van der Waals surface area contributed by atoms with Crippen molar-refractivity contribution in [2.45, 2.75) is 13.0 Å². The molecule has 0 saturated carbocycles. The highest BCUT2D eigenvalue weighted by molar-refractivity contribution is 6.00. The number of benzene rings is 2. The number of anilines is 2. The van der Waals surface area contributed by atoms with Crippen LogP contribution < -0.4 is 15.8 Å². The molecule has 2 aromatic rings. The van der Waals surface area contributed by atoms with Crippen LogP contribution in [-0.2, 0) is 9.59 Å². The largest absolute Gasteiger partial charge is 0.326 e. The highest BCUT2D eigenvalue weighted by Gasteiger charge is 2.50. The molecule has 0 aromatic heterocycles. The summed E-state index contributed by atoms with van der Waals surface area (Å²) in [6, 6.07) is 13.6. The minimum absolute atomic E-state index is 0.0563. The molecule has 30 heavy (non-hydrogen) atoms. The first kappa shape index (κ1) is 20.3. The van der Waals surface area contributed by atoms with Crippen LogP contribution in [0, 0.1) is 24.6 Å². The molecule has 2 N–H and O–H groups in total. The maximum Gasteiger partial charge on any atom is 0.247 e. The van der Waals surface area contributed by atoms with Crippen molar-refractivity contribution in [1.29, 1.82) is 0 Å². The average molecular weight is 408 g/mol. The van der Waals surface area contributed by atoms with Crippen molar-refractivity contribution in [3.05, 3.63) is 72.6 Å². The zero-order chi connectivity index (χ0) is 21.3. The third-order valence-corrected chi connectivity index (χ3v) is 5.77. The Bertz CT molecular complexity index is 965. The maximum absolute atomic E-state index is 13.9. The molecule has 0 bridgehead atoms. The molecule has 4 rings (SSSR count). The van der Waals surface area contributed by atoms with Gasteiger partial charge >= 0.3 is 0 Å². The van der Waals surface area contributed by atoms with Gasteiger partial charge in [-0.25, -0.2) is 14.8 Å². The topological polar surface area (TPSA) is 64.7 Å². The fourth-order valence-electron chi connectivity index (χ4n) is 4.19. The van der Waals surface area contributed by atoms with Gasteiger partial charge in [-0.1, -0.05) is 30.3 Å². The summed E-state index contributed by atoms with van der Waals surface area (Å²) >= 11 is 0. The van der Waals surface area contributed by atoms with E-state index in [2.05, 4.69) is 22.2 Å². The van der Waals surface area contributed by atoms with E-state index in [4.69, 9.17) is 0 Å². The molecule has 2 saturated heterocycles. The number of piperidine rings is 1. The molecule has 3 atom stereocenters. The highest BCUT2D eigenvalue weighted by Crippen LogP contribution is 2.32. The van der Waals surface area contributed by atoms with Crippen LogP contribution in [0.1, 0.15) is 5.56 Å². The number of para-hydroxylation sites is 1. The molecule has 7 heteroatoms. The van der Waals surface area contributed by atoms with Crippen molar-refractivity contribution in [3.8, 4) is 0 Å². The lowest BCUT2D eigenvalue weighted by Crippen LogP contribution is -2.56. The first-order chi connectivity index (χ1) is 14.5. The van der Waals surface area contributed by atoms with Crippen LogP contribution >= 0.6 is 0 Å². The minimum atomic E-state index is -0.481. The van der Waals surface area contributed by atoms with E-state index in [-0.39, 0.29) is 29.6 Å². The number of nitrogens with one attached hydrogen (secondary N) is 2. The zero-order valence-corrected chi connectivity index (χ0v) is 16.8. The van der Waals surface area contributed by atoms with Crippen LogP contribution in [0.15, 0.2) is 61.2 Å². The van der Waals surface area contributed by atoms with E-state index >= 15 is 0 Å². The van der Waals surface area contributed by atoms with Gasteiger partial charge in [0.1, 0.15) is 5.82 Å². The number of likely N-dealkylation sites (tertiary alicyclic amines) is 1. The van der Waals surface area contributed by atoms with Crippen LogP contribution in [0.3, 0.4) is 0 Å². The maximum atomic E-state index is 13.9. The number of halogens is 1. The summed E-state index contributed by atoms with van der Waals surface area (Å²) < 4.78 is 13.9. The van der Waals surface area contributed by atoms with Gasteiger partial charge < -0.3 is 5.32 Å². The van der Waals surface area contributed by atoms with Crippen molar-refractivity contribution in [3.63, 3.8) is 0 Å².